The van der Waals surface area contributed by atoms with Crippen molar-refractivity contribution < 1.29 is 32.2 Å². The molecule has 0 atom stereocenters. The molecule has 2 aromatic rings. The van der Waals surface area contributed by atoms with Gasteiger partial charge in [-0.25, -0.2) is 4.79 Å². The number of hydrogen-bond donors (Lipinski definition) is 1. The molecule has 0 bridgehead atoms. The molecule has 0 unspecified atom stereocenters. The van der Waals surface area contributed by atoms with E-state index < -0.39 is 42.5 Å². The molecule has 0 aliphatic rings. The summed E-state index contributed by atoms with van der Waals surface area (Å²) in [5.41, 5.74) is -0.272. The quantitative estimate of drug-likeness (QED) is 0.707. The number of anilines is 1. The van der Waals surface area contributed by atoms with Crippen LogP contribution in [0.15, 0.2) is 48.5 Å². The number of para-hydroxylation sites is 1. The first-order valence-electron chi connectivity index (χ1n) is 8.51. The van der Waals surface area contributed by atoms with Gasteiger partial charge in [0, 0.05) is 0 Å². The number of benzene rings is 2. The molecule has 0 fully saturated rings. The summed E-state index contributed by atoms with van der Waals surface area (Å²) in [4.78, 5) is 23.4. The van der Waals surface area contributed by atoms with E-state index in [1.165, 1.54) is 12.1 Å². The van der Waals surface area contributed by atoms with Crippen molar-refractivity contribution >= 4 is 17.6 Å². The maximum atomic E-state index is 12.9. The van der Waals surface area contributed by atoms with Gasteiger partial charge < -0.3 is 14.8 Å². The topological polar surface area (TPSA) is 64.6 Å². The third-order valence-electron chi connectivity index (χ3n) is 3.77. The van der Waals surface area contributed by atoms with Gasteiger partial charge in [0.25, 0.3) is 5.91 Å². The maximum absolute atomic E-state index is 12.9. The van der Waals surface area contributed by atoms with Gasteiger partial charge in [-0.05, 0) is 35.7 Å². The van der Waals surface area contributed by atoms with E-state index in [4.69, 9.17) is 9.47 Å². The molecule has 2 rings (SSSR count). The molecule has 8 heteroatoms. The molecule has 0 saturated heterocycles. The highest BCUT2D eigenvalue weighted by Gasteiger charge is 2.33. The van der Waals surface area contributed by atoms with Crippen LogP contribution in [0.5, 0.6) is 5.75 Å². The smallest absolute Gasteiger partial charge is 0.418 e. The molecule has 1 N–H and O–H groups in total. The molecule has 1 amide bonds. The number of rotatable bonds is 7. The van der Waals surface area contributed by atoms with Crippen LogP contribution in [-0.2, 0) is 20.5 Å². The van der Waals surface area contributed by atoms with Crippen LogP contribution in [0, 0.1) is 0 Å². The van der Waals surface area contributed by atoms with Crippen LogP contribution < -0.4 is 10.1 Å². The van der Waals surface area contributed by atoms with E-state index in [-0.39, 0.29) is 0 Å². The number of carbonyl (C=O) groups is 2. The molecule has 0 heterocycles. The molecule has 150 valence electrons. The number of halogens is 3. The van der Waals surface area contributed by atoms with Gasteiger partial charge >= 0.3 is 12.1 Å². The molecule has 0 saturated carbocycles. The average molecular weight is 395 g/mol. The lowest BCUT2D eigenvalue weighted by molar-refractivity contribution is -0.149. The summed E-state index contributed by atoms with van der Waals surface area (Å²) in [7, 11) is 0. The predicted molar refractivity (Wildman–Crippen MR) is 97.1 cm³/mol. The van der Waals surface area contributed by atoms with Gasteiger partial charge in [0.15, 0.2) is 13.2 Å². The van der Waals surface area contributed by atoms with Crippen molar-refractivity contribution in [3.63, 3.8) is 0 Å². The predicted octanol–water partition coefficient (Wildman–Crippen LogP) is 4.39. The monoisotopic (exact) mass is 395 g/mol. The van der Waals surface area contributed by atoms with Crippen LogP contribution in [-0.4, -0.2) is 25.1 Å². The molecule has 0 aromatic heterocycles. The molecular weight excluding hydrogens is 375 g/mol. The summed E-state index contributed by atoms with van der Waals surface area (Å²) < 4.78 is 48.7. The van der Waals surface area contributed by atoms with Crippen molar-refractivity contribution in [1.29, 1.82) is 0 Å². The van der Waals surface area contributed by atoms with Gasteiger partial charge in [0.05, 0.1) is 11.3 Å². The van der Waals surface area contributed by atoms with E-state index in [2.05, 4.69) is 5.32 Å². The van der Waals surface area contributed by atoms with Crippen LogP contribution in [0.4, 0.5) is 18.9 Å². The summed E-state index contributed by atoms with van der Waals surface area (Å²) >= 11 is 0. The van der Waals surface area contributed by atoms with E-state index in [1.54, 1.807) is 12.1 Å². The van der Waals surface area contributed by atoms with Crippen LogP contribution in [0.1, 0.15) is 30.9 Å². The highest BCUT2D eigenvalue weighted by molar-refractivity contribution is 5.93. The number of alkyl halides is 3. The number of ether oxygens (including phenoxy) is 2. The number of carbonyl (C=O) groups excluding carboxylic acids is 2. The number of hydrogen-bond acceptors (Lipinski definition) is 4. The van der Waals surface area contributed by atoms with Gasteiger partial charge in [-0.1, -0.05) is 38.1 Å². The van der Waals surface area contributed by atoms with E-state index >= 15 is 0 Å². The summed E-state index contributed by atoms with van der Waals surface area (Å²) in [5, 5.41) is 2.09. The van der Waals surface area contributed by atoms with Crippen molar-refractivity contribution in [2.45, 2.75) is 25.9 Å². The molecule has 0 spiro atoms. The van der Waals surface area contributed by atoms with Gasteiger partial charge in [0.2, 0.25) is 0 Å². The average Bonchev–Trinajstić information content (AvgIpc) is 2.64. The summed E-state index contributed by atoms with van der Waals surface area (Å²) in [5.74, 6) is -0.872. The Morgan fingerprint density at radius 3 is 2.25 bits per heavy atom. The lowest BCUT2D eigenvalue weighted by atomic mass is 10.0. The molecule has 0 aliphatic heterocycles. The van der Waals surface area contributed by atoms with E-state index in [9.17, 15) is 22.8 Å². The Morgan fingerprint density at radius 1 is 1.00 bits per heavy atom. The lowest BCUT2D eigenvalue weighted by Gasteiger charge is -2.13. The van der Waals surface area contributed by atoms with Gasteiger partial charge in [-0.2, -0.15) is 13.2 Å². The minimum Gasteiger partial charge on any atom is -0.482 e. The molecule has 28 heavy (non-hydrogen) atoms. The van der Waals surface area contributed by atoms with Crippen LogP contribution in [0.25, 0.3) is 0 Å². The van der Waals surface area contributed by atoms with Gasteiger partial charge in [-0.15, -0.1) is 0 Å². The highest BCUT2D eigenvalue weighted by Crippen LogP contribution is 2.34. The second-order valence-electron chi connectivity index (χ2n) is 6.26. The lowest BCUT2D eigenvalue weighted by Crippen LogP contribution is -2.24. The molecule has 2 aromatic carbocycles. The zero-order chi connectivity index (χ0) is 20.7. The van der Waals surface area contributed by atoms with Crippen molar-refractivity contribution in [2.24, 2.45) is 0 Å². The first-order valence-corrected chi connectivity index (χ1v) is 8.51. The SMILES string of the molecule is CC(C)c1ccc(OCC(=O)OCC(=O)Nc2ccccc2C(F)(F)F)cc1. The molecule has 5 nitrogen and oxygen atoms in total. The number of nitrogens with one attached hydrogen (secondary N) is 1. The van der Waals surface area contributed by atoms with Gasteiger partial charge in [-0.3, -0.25) is 4.79 Å². The fourth-order valence-electron chi connectivity index (χ4n) is 2.30. The number of esters is 1. The first-order chi connectivity index (χ1) is 13.2. The third-order valence-corrected chi connectivity index (χ3v) is 3.77. The van der Waals surface area contributed by atoms with E-state index in [0.29, 0.717) is 11.7 Å². The molecular formula is C20H20F3NO4. The Hall–Kier alpha value is -3.03. The zero-order valence-electron chi connectivity index (χ0n) is 15.4. The Bertz CT molecular complexity index is 817. The van der Waals surface area contributed by atoms with Crippen molar-refractivity contribution in [3.8, 4) is 5.75 Å². The van der Waals surface area contributed by atoms with Crippen molar-refractivity contribution in [1.82, 2.24) is 0 Å². The maximum Gasteiger partial charge on any atom is 0.418 e. The van der Waals surface area contributed by atoms with Crippen LogP contribution in [0.3, 0.4) is 0 Å². The third kappa shape index (κ3) is 6.29. The normalized spacial score (nSPS) is 11.2. The van der Waals surface area contributed by atoms with E-state index in [1.807, 2.05) is 26.0 Å². The molecule has 0 aliphatic carbocycles. The summed E-state index contributed by atoms with van der Waals surface area (Å²) in [6.07, 6.45) is -4.61. The second-order valence-corrected chi connectivity index (χ2v) is 6.26. The first kappa shape index (κ1) is 21.3. The van der Waals surface area contributed by atoms with Crippen molar-refractivity contribution in [3.05, 3.63) is 59.7 Å². The van der Waals surface area contributed by atoms with Gasteiger partial charge in [0.1, 0.15) is 5.75 Å². The van der Waals surface area contributed by atoms with Crippen molar-refractivity contribution in [2.75, 3.05) is 18.5 Å². The minimum absolute atomic E-state index is 0.361. The Labute approximate surface area is 160 Å². The standard InChI is InChI=1S/C20H20F3NO4/c1-13(2)14-7-9-15(10-8-14)27-12-19(26)28-11-18(25)24-17-6-4-3-5-16(17)20(21,22)23/h3-10,13H,11-12H2,1-2H3,(H,24,25). The largest absolute Gasteiger partial charge is 0.482 e. The highest BCUT2D eigenvalue weighted by atomic mass is 19.4. The molecule has 0 radical (unpaired) electrons. The summed E-state index contributed by atoms with van der Waals surface area (Å²) in [6.45, 7) is 2.95. The minimum atomic E-state index is -4.61. The Morgan fingerprint density at radius 2 is 1.64 bits per heavy atom. The number of amides is 1. The van der Waals surface area contributed by atoms with Crippen LogP contribution in [0.2, 0.25) is 0 Å². The fourth-order valence-corrected chi connectivity index (χ4v) is 2.30. The second kappa shape index (κ2) is 9.25. The summed E-state index contributed by atoms with van der Waals surface area (Å²) in [6, 6.07) is 11.7. The Kier molecular flexibility index (Phi) is 7.03. The van der Waals surface area contributed by atoms with E-state index in [0.717, 1.165) is 17.7 Å². The Balaban J connectivity index is 1.81. The zero-order valence-corrected chi connectivity index (χ0v) is 15.4. The van der Waals surface area contributed by atoms with Crippen LogP contribution >= 0.6 is 0 Å². The fraction of sp³-hybridized carbons (Fsp3) is 0.300.